The summed E-state index contributed by atoms with van der Waals surface area (Å²) in [6, 6.07) is 5.14. The smallest absolute Gasteiger partial charge is 0.231 e. The zero-order chi connectivity index (χ0) is 9.26. The first-order valence-corrected chi connectivity index (χ1v) is 3.85. The first-order valence-electron chi connectivity index (χ1n) is 3.85. The van der Waals surface area contributed by atoms with Crippen LogP contribution in [0.25, 0.3) is 0 Å². The highest BCUT2D eigenvalue weighted by Gasteiger charge is 2.15. The van der Waals surface area contributed by atoms with E-state index in [9.17, 15) is 5.11 Å². The Morgan fingerprint density at radius 2 is 2.15 bits per heavy atom. The van der Waals surface area contributed by atoms with Crippen LogP contribution >= 0.6 is 0 Å². The summed E-state index contributed by atoms with van der Waals surface area (Å²) in [5.74, 6) is 3.55. The molecule has 0 amide bonds. The largest absolute Gasteiger partial charge is 0.454 e. The molecule has 0 aromatic heterocycles. The lowest BCUT2D eigenvalue weighted by Gasteiger charge is -2.03. The summed E-state index contributed by atoms with van der Waals surface area (Å²) in [6.07, 6.45) is 4.20. The molecule has 0 aliphatic carbocycles. The molecule has 1 aliphatic rings. The molecule has 1 N–H and O–H groups in total. The van der Waals surface area contributed by atoms with E-state index >= 15 is 0 Å². The minimum absolute atomic E-state index is 0.227. The maximum absolute atomic E-state index is 9.33. The van der Waals surface area contributed by atoms with Crippen LogP contribution in [0, 0.1) is 12.3 Å². The van der Waals surface area contributed by atoms with Crippen LogP contribution in [0.15, 0.2) is 18.2 Å². The number of hydrogen-bond donors (Lipinski definition) is 1. The molecule has 13 heavy (non-hydrogen) atoms. The maximum Gasteiger partial charge on any atom is 0.231 e. The van der Waals surface area contributed by atoms with E-state index < -0.39 is 6.10 Å². The number of aliphatic hydroxyl groups excluding tert-OH is 1. The van der Waals surface area contributed by atoms with E-state index in [1.807, 2.05) is 0 Å². The number of ether oxygens (including phenoxy) is 2. The monoisotopic (exact) mass is 176 g/mol. The fourth-order valence-corrected chi connectivity index (χ4v) is 1.18. The van der Waals surface area contributed by atoms with Crippen LogP contribution in [0.2, 0.25) is 0 Å². The van der Waals surface area contributed by atoms with Gasteiger partial charge in [0.1, 0.15) is 6.10 Å². The Morgan fingerprint density at radius 1 is 1.38 bits per heavy atom. The van der Waals surface area contributed by atoms with Crippen molar-refractivity contribution in [2.24, 2.45) is 0 Å². The minimum atomic E-state index is -0.880. The molecular weight excluding hydrogens is 168 g/mol. The van der Waals surface area contributed by atoms with E-state index in [1.165, 1.54) is 0 Å². The molecule has 0 bridgehead atoms. The number of rotatable bonds is 1. The molecule has 1 unspecified atom stereocenters. The Kier molecular flexibility index (Phi) is 1.84. The summed E-state index contributed by atoms with van der Waals surface area (Å²) < 4.78 is 10.2. The van der Waals surface area contributed by atoms with Crippen LogP contribution in [0.5, 0.6) is 11.5 Å². The molecule has 0 saturated carbocycles. The lowest BCUT2D eigenvalue weighted by atomic mass is 10.1. The number of terminal acetylenes is 1. The Labute approximate surface area is 75.9 Å². The Bertz CT molecular complexity index is 365. The molecule has 0 radical (unpaired) electrons. The minimum Gasteiger partial charge on any atom is -0.454 e. The van der Waals surface area contributed by atoms with Crippen LogP contribution in [0.3, 0.4) is 0 Å². The van der Waals surface area contributed by atoms with E-state index in [2.05, 4.69) is 5.92 Å². The van der Waals surface area contributed by atoms with Gasteiger partial charge in [-0.15, -0.1) is 6.42 Å². The molecule has 1 atom stereocenters. The summed E-state index contributed by atoms with van der Waals surface area (Å²) in [5, 5.41) is 9.33. The Morgan fingerprint density at radius 3 is 2.92 bits per heavy atom. The average molecular weight is 176 g/mol. The van der Waals surface area contributed by atoms with Gasteiger partial charge in [0.2, 0.25) is 6.79 Å². The van der Waals surface area contributed by atoms with Gasteiger partial charge in [0.15, 0.2) is 11.5 Å². The number of benzene rings is 1. The first-order chi connectivity index (χ1) is 6.31. The number of aliphatic hydroxyl groups is 1. The maximum atomic E-state index is 9.33. The highest BCUT2D eigenvalue weighted by atomic mass is 16.7. The van der Waals surface area contributed by atoms with Crippen molar-refractivity contribution in [3.8, 4) is 23.8 Å². The molecule has 0 spiro atoms. The predicted molar refractivity (Wildman–Crippen MR) is 46.4 cm³/mol. The Balaban J connectivity index is 2.37. The Hall–Kier alpha value is -1.66. The number of fused-ring (bicyclic) bond motifs is 1. The molecule has 3 heteroatoms. The van der Waals surface area contributed by atoms with Gasteiger partial charge < -0.3 is 14.6 Å². The second kappa shape index (κ2) is 3.00. The summed E-state index contributed by atoms with van der Waals surface area (Å²) >= 11 is 0. The molecule has 1 aliphatic heterocycles. The quantitative estimate of drug-likeness (QED) is 0.651. The summed E-state index contributed by atoms with van der Waals surface area (Å²) in [7, 11) is 0. The highest BCUT2D eigenvalue weighted by Crippen LogP contribution is 2.33. The normalized spacial score (nSPS) is 15.1. The standard InChI is InChI=1S/C10H8O3/c1-2-8(11)7-3-4-9-10(5-7)13-6-12-9/h1,3-5,8,11H,6H2. The molecular formula is C10H8O3. The second-order valence-corrected chi connectivity index (χ2v) is 2.68. The summed E-state index contributed by atoms with van der Waals surface area (Å²) in [4.78, 5) is 0. The zero-order valence-electron chi connectivity index (χ0n) is 6.86. The molecule has 1 heterocycles. The molecule has 1 aromatic carbocycles. The van der Waals surface area contributed by atoms with E-state index in [-0.39, 0.29) is 6.79 Å². The topological polar surface area (TPSA) is 38.7 Å². The van der Waals surface area contributed by atoms with Crippen LogP contribution in [-0.4, -0.2) is 11.9 Å². The average Bonchev–Trinajstić information content (AvgIpc) is 2.63. The van der Waals surface area contributed by atoms with Gasteiger partial charge in [-0.2, -0.15) is 0 Å². The fourth-order valence-electron chi connectivity index (χ4n) is 1.18. The van der Waals surface area contributed by atoms with Crippen LogP contribution in [0.1, 0.15) is 11.7 Å². The van der Waals surface area contributed by atoms with E-state index in [0.29, 0.717) is 17.1 Å². The summed E-state index contributed by atoms with van der Waals surface area (Å²) in [6.45, 7) is 0.227. The highest BCUT2D eigenvalue weighted by molar-refractivity contribution is 5.45. The molecule has 2 rings (SSSR count). The molecule has 66 valence electrons. The fraction of sp³-hybridized carbons (Fsp3) is 0.200. The van der Waals surface area contributed by atoms with Crippen LogP contribution in [-0.2, 0) is 0 Å². The molecule has 0 saturated heterocycles. The second-order valence-electron chi connectivity index (χ2n) is 2.68. The van der Waals surface area contributed by atoms with Crippen LogP contribution < -0.4 is 9.47 Å². The van der Waals surface area contributed by atoms with E-state index in [4.69, 9.17) is 15.9 Å². The van der Waals surface area contributed by atoms with Crippen molar-refractivity contribution in [3.05, 3.63) is 23.8 Å². The molecule has 1 aromatic rings. The van der Waals surface area contributed by atoms with Crippen molar-refractivity contribution in [1.29, 1.82) is 0 Å². The predicted octanol–water partition coefficient (Wildman–Crippen LogP) is 1.08. The number of hydrogen-bond acceptors (Lipinski definition) is 3. The SMILES string of the molecule is C#CC(O)c1ccc2c(c1)OCO2. The van der Waals surface area contributed by atoms with Crippen LogP contribution in [0.4, 0.5) is 0 Å². The van der Waals surface area contributed by atoms with Gasteiger partial charge in [0.25, 0.3) is 0 Å². The van der Waals surface area contributed by atoms with Gasteiger partial charge in [0.05, 0.1) is 0 Å². The van der Waals surface area contributed by atoms with Crippen molar-refractivity contribution in [1.82, 2.24) is 0 Å². The van der Waals surface area contributed by atoms with Gasteiger partial charge in [0, 0.05) is 0 Å². The lowest BCUT2D eigenvalue weighted by molar-refractivity contribution is 0.173. The van der Waals surface area contributed by atoms with E-state index in [0.717, 1.165) is 0 Å². The van der Waals surface area contributed by atoms with Gasteiger partial charge in [-0.25, -0.2) is 0 Å². The lowest BCUT2D eigenvalue weighted by Crippen LogP contribution is -1.93. The zero-order valence-corrected chi connectivity index (χ0v) is 6.86. The van der Waals surface area contributed by atoms with Crippen molar-refractivity contribution in [2.75, 3.05) is 6.79 Å². The van der Waals surface area contributed by atoms with Crippen molar-refractivity contribution in [2.45, 2.75) is 6.10 Å². The summed E-state index contributed by atoms with van der Waals surface area (Å²) in [5.41, 5.74) is 0.645. The van der Waals surface area contributed by atoms with Crippen molar-refractivity contribution < 1.29 is 14.6 Å². The van der Waals surface area contributed by atoms with Gasteiger partial charge >= 0.3 is 0 Å². The third-order valence-corrected chi connectivity index (χ3v) is 1.87. The third kappa shape index (κ3) is 1.32. The van der Waals surface area contributed by atoms with Gasteiger partial charge in [-0.3, -0.25) is 0 Å². The first kappa shape index (κ1) is 7.96. The molecule has 0 fully saturated rings. The van der Waals surface area contributed by atoms with E-state index in [1.54, 1.807) is 18.2 Å². The third-order valence-electron chi connectivity index (χ3n) is 1.87. The van der Waals surface area contributed by atoms with Gasteiger partial charge in [-0.1, -0.05) is 12.0 Å². The van der Waals surface area contributed by atoms with Crippen molar-refractivity contribution >= 4 is 0 Å². The van der Waals surface area contributed by atoms with Gasteiger partial charge in [-0.05, 0) is 17.7 Å². The molecule has 3 nitrogen and oxygen atoms in total. The van der Waals surface area contributed by atoms with Crippen molar-refractivity contribution in [3.63, 3.8) is 0 Å².